The molecule has 0 bridgehead atoms. The highest BCUT2D eigenvalue weighted by Crippen LogP contribution is 2.17. The Labute approximate surface area is 162 Å². The summed E-state index contributed by atoms with van der Waals surface area (Å²) >= 11 is 0. The van der Waals surface area contributed by atoms with Crippen LogP contribution in [0.15, 0.2) is 59.5 Å². The van der Waals surface area contributed by atoms with Crippen molar-refractivity contribution in [3.05, 3.63) is 65.7 Å². The fraction of sp³-hybridized carbons (Fsp3) is 0.381. The van der Waals surface area contributed by atoms with Crippen LogP contribution in [0.2, 0.25) is 0 Å². The lowest BCUT2D eigenvalue weighted by Gasteiger charge is -2.29. The van der Waals surface area contributed by atoms with E-state index >= 15 is 0 Å². The average Bonchev–Trinajstić information content (AvgIpc) is 2.65. The van der Waals surface area contributed by atoms with Gasteiger partial charge in [-0.05, 0) is 57.0 Å². The number of benzene rings is 2. The van der Waals surface area contributed by atoms with Gasteiger partial charge in [-0.15, -0.1) is 0 Å². The van der Waals surface area contributed by atoms with E-state index in [1.54, 1.807) is 26.0 Å². The third-order valence-electron chi connectivity index (χ3n) is 4.38. The predicted octanol–water partition coefficient (Wildman–Crippen LogP) is 3.81. The monoisotopic (exact) mass is 388 g/mol. The Hall–Kier alpha value is -2.18. The maximum atomic E-state index is 13.0. The van der Waals surface area contributed by atoms with E-state index in [4.69, 9.17) is 0 Å². The molecular formula is C21H28N2O3S. The normalized spacial score (nSPS) is 12.8. The summed E-state index contributed by atoms with van der Waals surface area (Å²) in [5.74, 6) is -0.103. The second-order valence-corrected chi connectivity index (χ2v) is 8.69. The summed E-state index contributed by atoms with van der Waals surface area (Å²) in [4.78, 5) is 15.0. The molecule has 0 aliphatic heterocycles. The van der Waals surface area contributed by atoms with Gasteiger partial charge in [0.2, 0.25) is 10.0 Å². The van der Waals surface area contributed by atoms with Crippen LogP contribution in [-0.4, -0.2) is 31.3 Å². The molecule has 146 valence electrons. The van der Waals surface area contributed by atoms with Gasteiger partial charge in [-0.25, -0.2) is 13.1 Å². The molecule has 2 rings (SSSR count). The van der Waals surface area contributed by atoms with Crippen molar-refractivity contribution in [2.45, 2.75) is 57.6 Å². The van der Waals surface area contributed by atoms with E-state index < -0.39 is 10.0 Å². The molecule has 2 aromatic carbocycles. The van der Waals surface area contributed by atoms with Crippen LogP contribution < -0.4 is 4.72 Å². The van der Waals surface area contributed by atoms with Gasteiger partial charge in [-0.1, -0.05) is 37.3 Å². The van der Waals surface area contributed by atoms with Crippen molar-refractivity contribution < 1.29 is 13.2 Å². The molecule has 0 spiro atoms. The zero-order valence-electron chi connectivity index (χ0n) is 16.3. The lowest BCUT2D eigenvalue weighted by molar-refractivity contribution is 0.0671. The van der Waals surface area contributed by atoms with E-state index in [0.717, 1.165) is 12.0 Å². The Kier molecular flexibility index (Phi) is 7.16. The van der Waals surface area contributed by atoms with E-state index in [-0.39, 0.29) is 22.9 Å². The summed E-state index contributed by atoms with van der Waals surface area (Å²) in [7, 11) is -3.57. The van der Waals surface area contributed by atoms with Crippen molar-refractivity contribution in [2.24, 2.45) is 0 Å². The van der Waals surface area contributed by atoms with Gasteiger partial charge in [0.25, 0.3) is 5.91 Å². The SMILES string of the molecule is CCC(C)N(Cc1ccccc1)C(=O)c1ccc(S(=O)(=O)NC(C)C)cc1. The van der Waals surface area contributed by atoms with Crippen LogP contribution in [0.4, 0.5) is 0 Å². The first-order valence-corrected chi connectivity index (χ1v) is 10.7. The van der Waals surface area contributed by atoms with Crippen LogP contribution >= 0.6 is 0 Å². The molecule has 2 aromatic rings. The fourth-order valence-corrected chi connectivity index (χ4v) is 4.00. The minimum absolute atomic E-state index is 0.0729. The number of nitrogens with one attached hydrogen (secondary N) is 1. The standard InChI is InChI=1S/C21H28N2O3S/c1-5-17(4)23(15-18-9-7-6-8-10-18)21(24)19-11-13-20(14-12-19)27(25,26)22-16(2)3/h6-14,16-17,22H,5,15H2,1-4H3. The van der Waals surface area contributed by atoms with Gasteiger partial charge in [0, 0.05) is 24.2 Å². The molecule has 0 radical (unpaired) electrons. The van der Waals surface area contributed by atoms with Gasteiger partial charge in [0.15, 0.2) is 0 Å². The Balaban J connectivity index is 2.25. The summed E-state index contributed by atoms with van der Waals surface area (Å²) in [6.45, 7) is 8.12. The van der Waals surface area contributed by atoms with E-state index in [0.29, 0.717) is 12.1 Å². The van der Waals surface area contributed by atoms with Crippen molar-refractivity contribution in [1.82, 2.24) is 9.62 Å². The quantitative estimate of drug-likeness (QED) is 0.748. The first-order chi connectivity index (χ1) is 12.7. The molecule has 5 nitrogen and oxygen atoms in total. The zero-order valence-corrected chi connectivity index (χ0v) is 17.2. The first-order valence-electron chi connectivity index (χ1n) is 9.22. The Bertz CT molecular complexity index is 847. The van der Waals surface area contributed by atoms with Gasteiger partial charge in [-0.3, -0.25) is 4.79 Å². The van der Waals surface area contributed by atoms with E-state index in [1.165, 1.54) is 12.1 Å². The number of rotatable bonds is 8. The average molecular weight is 389 g/mol. The fourth-order valence-electron chi connectivity index (χ4n) is 2.75. The maximum Gasteiger partial charge on any atom is 0.254 e. The van der Waals surface area contributed by atoms with Crippen molar-refractivity contribution in [1.29, 1.82) is 0 Å². The summed E-state index contributed by atoms with van der Waals surface area (Å²) in [6, 6.07) is 15.9. The molecule has 0 aliphatic rings. The predicted molar refractivity (Wildman–Crippen MR) is 108 cm³/mol. The number of hydrogen-bond acceptors (Lipinski definition) is 3. The molecule has 1 N–H and O–H groups in total. The van der Waals surface area contributed by atoms with Crippen LogP contribution in [0.25, 0.3) is 0 Å². The molecule has 0 heterocycles. The highest BCUT2D eigenvalue weighted by atomic mass is 32.2. The van der Waals surface area contributed by atoms with Gasteiger partial charge >= 0.3 is 0 Å². The van der Waals surface area contributed by atoms with Crippen molar-refractivity contribution in [3.8, 4) is 0 Å². The molecule has 0 aromatic heterocycles. The topological polar surface area (TPSA) is 66.5 Å². The number of nitrogens with zero attached hydrogens (tertiary/aromatic N) is 1. The molecule has 1 atom stereocenters. The molecule has 27 heavy (non-hydrogen) atoms. The minimum Gasteiger partial charge on any atom is -0.332 e. The molecular weight excluding hydrogens is 360 g/mol. The zero-order chi connectivity index (χ0) is 20.0. The molecule has 0 fully saturated rings. The minimum atomic E-state index is -3.57. The van der Waals surface area contributed by atoms with Crippen molar-refractivity contribution in [2.75, 3.05) is 0 Å². The lowest BCUT2D eigenvalue weighted by Crippen LogP contribution is -2.37. The highest BCUT2D eigenvalue weighted by molar-refractivity contribution is 7.89. The van der Waals surface area contributed by atoms with Gasteiger partial charge in [-0.2, -0.15) is 0 Å². The number of carbonyl (C=O) groups is 1. The first kappa shape index (κ1) is 21.1. The van der Waals surface area contributed by atoms with Crippen LogP contribution in [-0.2, 0) is 16.6 Å². The van der Waals surface area contributed by atoms with Gasteiger partial charge in [0.1, 0.15) is 0 Å². The van der Waals surface area contributed by atoms with E-state index in [1.807, 2.05) is 49.1 Å². The summed E-state index contributed by atoms with van der Waals surface area (Å²) in [6.07, 6.45) is 0.837. The second kappa shape index (κ2) is 9.15. The Morgan fingerprint density at radius 3 is 2.11 bits per heavy atom. The summed E-state index contributed by atoms with van der Waals surface area (Å²) in [5, 5.41) is 0. The molecule has 1 amide bonds. The number of amides is 1. The van der Waals surface area contributed by atoms with Crippen LogP contribution in [0.3, 0.4) is 0 Å². The maximum absolute atomic E-state index is 13.0. The molecule has 0 aliphatic carbocycles. The third-order valence-corrected chi connectivity index (χ3v) is 6.06. The van der Waals surface area contributed by atoms with Crippen molar-refractivity contribution in [3.63, 3.8) is 0 Å². The summed E-state index contributed by atoms with van der Waals surface area (Å²) in [5.41, 5.74) is 1.54. The molecule has 1 unspecified atom stereocenters. The Morgan fingerprint density at radius 2 is 1.59 bits per heavy atom. The second-order valence-electron chi connectivity index (χ2n) is 6.98. The third kappa shape index (κ3) is 5.65. The smallest absolute Gasteiger partial charge is 0.254 e. The molecule has 6 heteroatoms. The summed E-state index contributed by atoms with van der Waals surface area (Å²) < 4.78 is 27.0. The largest absolute Gasteiger partial charge is 0.332 e. The molecule has 0 saturated heterocycles. The van der Waals surface area contributed by atoms with Crippen LogP contribution in [0, 0.1) is 0 Å². The number of carbonyl (C=O) groups excluding carboxylic acids is 1. The van der Waals surface area contributed by atoms with E-state index in [2.05, 4.69) is 4.72 Å². The van der Waals surface area contributed by atoms with Gasteiger partial charge in [0.05, 0.1) is 4.90 Å². The lowest BCUT2D eigenvalue weighted by atomic mass is 10.1. The molecule has 0 saturated carbocycles. The Morgan fingerprint density at radius 1 is 1.00 bits per heavy atom. The van der Waals surface area contributed by atoms with Crippen LogP contribution in [0.5, 0.6) is 0 Å². The number of hydrogen-bond donors (Lipinski definition) is 1. The van der Waals surface area contributed by atoms with Gasteiger partial charge < -0.3 is 4.90 Å². The number of sulfonamides is 1. The van der Waals surface area contributed by atoms with E-state index in [9.17, 15) is 13.2 Å². The highest BCUT2D eigenvalue weighted by Gasteiger charge is 2.22. The van der Waals surface area contributed by atoms with Crippen molar-refractivity contribution >= 4 is 15.9 Å². The van der Waals surface area contributed by atoms with Crippen LogP contribution in [0.1, 0.15) is 50.0 Å².